The molecule has 9 heteroatoms. The number of esters is 2. The van der Waals surface area contributed by atoms with E-state index < -0.39 is 59.2 Å². The topological polar surface area (TPSA) is 131 Å². The zero-order chi connectivity index (χ0) is 19.6. The number of carbonyl (C=O) groups is 4. The summed E-state index contributed by atoms with van der Waals surface area (Å²) in [7, 11) is 0. The number of aliphatic hydroxyl groups excluding tert-OH is 1. The molecule has 2 amide bonds. The fraction of sp³-hybridized carbons (Fsp3) is 0.647. The lowest BCUT2D eigenvalue weighted by Gasteiger charge is -2.32. The van der Waals surface area contributed by atoms with Crippen LogP contribution in [0.15, 0.2) is 12.8 Å². The zero-order valence-electron chi connectivity index (χ0n) is 15.0. The quantitative estimate of drug-likeness (QED) is 0.398. The average Bonchev–Trinajstić information content (AvgIpc) is 3.23. The fourth-order valence-corrected chi connectivity index (χ4v) is 3.88. The number of rotatable bonds is 7. The van der Waals surface area contributed by atoms with E-state index >= 15 is 0 Å². The smallest absolute Gasteiger partial charge is 0.332 e. The third kappa shape index (κ3) is 3.44. The van der Waals surface area contributed by atoms with Gasteiger partial charge in [-0.2, -0.15) is 0 Å². The molecule has 0 radical (unpaired) electrons. The van der Waals surface area contributed by atoms with E-state index in [0.29, 0.717) is 0 Å². The van der Waals surface area contributed by atoms with Gasteiger partial charge in [0, 0.05) is 25.2 Å². The first-order chi connectivity index (χ1) is 12.2. The van der Waals surface area contributed by atoms with Crippen molar-refractivity contribution in [3.63, 3.8) is 0 Å². The molecule has 26 heavy (non-hydrogen) atoms. The predicted molar refractivity (Wildman–Crippen MR) is 88.2 cm³/mol. The van der Waals surface area contributed by atoms with Crippen LogP contribution in [0.3, 0.4) is 0 Å². The first-order valence-electron chi connectivity index (χ1n) is 8.45. The Kier molecular flexibility index (Phi) is 5.70. The van der Waals surface area contributed by atoms with Crippen molar-refractivity contribution in [3.05, 3.63) is 12.8 Å². The minimum Gasteiger partial charge on any atom is -0.464 e. The van der Waals surface area contributed by atoms with Gasteiger partial charge in [0.15, 0.2) is 0 Å². The SMILES string of the molecule is C=COC(=O)[C@H]1[C@H]2[C@@H]1C(NC(=O)[C@H](C)NC(C)=O)(C(=O)OCC)C[C@@H]2O. The van der Waals surface area contributed by atoms with Crippen LogP contribution in [0.5, 0.6) is 0 Å². The van der Waals surface area contributed by atoms with Crippen molar-refractivity contribution >= 4 is 23.8 Å². The summed E-state index contributed by atoms with van der Waals surface area (Å²) in [4.78, 5) is 48.4. The predicted octanol–water partition coefficient (Wildman–Crippen LogP) is -0.757. The molecule has 0 aromatic heterocycles. The Hall–Kier alpha value is -2.42. The minimum atomic E-state index is -1.55. The Morgan fingerprint density at radius 2 is 2.04 bits per heavy atom. The van der Waals surface area contributed by atoms with Crippen molar-refractivity contribution in [2.45, 2.75) is 44.9 Å². The molecule has 0 saturated heterocycles. The lowest BCUT2D eigenvalue weighted by atomic mass is 9.89. The summed E-state index contributed by atoms with van der Waals surface area (Å²) in [5, 5.41) is 15.4. The Balaban J connectivity index is 2.27. The summed E-state index contributed by atoms with van der Waals surface area (Å²) in [6, 6.07) is -0.896. The Morgan fingerprint density at radius 3 is 2.58 bits per heavy atom. The minimum absolute atomic E-state index is 0.0719. The van der Waals surface area contributed by atoms with Crippen molar-refractivity contribution in [2.75, 3.05) is 6.61 Å². The maximum Gasteiger partial charge on any atom is 0.332 e. The van der Waals surface area contributed by atoms with Crippen LogP contribution in [-0.2, 0) is 28.7 Å². The van der Waals surface area contributed by atoms with Crippen molar-refractivity contribution < 1.29 is 33.8 Å². The molecule has 2 saturated carbocycles. The lowest BCUT2D eigenvalue weighted by Crippen LogP contribution is -2.60. The second-order valence-electron chi connectivity index (χ2n) is 6.61. The monoisotopic (exact) mass is 368 g/mol. The van der Waals surface area contributed by atoms with Crippen LogP contribution in [0.2, 0.25) is 0 Å². The molecule has 2 aliphatic rings. The fourth-order valence-electron chi connectivity index (χ4n) is 3.88. The van der Waals surface area contributed by atoms with Crippen LogP contribution in [0.1, 0.15) is 27.2 Å². The number of ether oxygens (including phenoxy) is 2. The number of hydrogen-bond donors (Lipinski definition) is 3. The molecular weight excluding hydrogens is 344 g/mol. The molecule has 0 bridgehead atoms. The normalized spacial score (nSPS) is 32.6. The van der Waals surface area contributed by atoms with E-state index in [4.69, 9.17) is 9.47 Å². The Bertz CT molecular complexity index is 635. The van der Waals surface area contributed by atoms with Gasteiger partial charge in [-0.3, -0.25) is 14.4 Å². The summed E-state index contributed by atoms with van der Waals surface area (Å²) in [5.41, 5.74) is -1.55. The van der Waals surface area contributed by atoms with Gasteiger partial charge in [-0.15, -0.1) is 0 Å². The second-order valence-corrected chi connectivity index (χ2v) is 6.61. The summed E-state index contributed by atoms with van der Waals surface area (Å²) in [6.45, 7) is 7.74. The van der Waals surface area contributed by atoms with Crippen LogP contribution in [0.4, 0.5) is 0 Å². The Labute approximate surface area is 151 Å². The van der Waals surface area contributed by atoms with Gasteiger partial charge in [-0.1, -0.05) is 6.58 Å². The van der Waals surface area contributed by atoms with E-state index in [1.807, 2.05) is 0 Å². The van der Waals surface area contributed by atoms with Gasteiger partial charge in [-0.05, 0) is 13.8 Å². The maximum atomic E-state index is 12.6. The first kappa shape index (κ1) is 19.9. The molecule has 0 aliphatic heterocycles. The molecule has 3 N–H and O–H groups in total. The van der Waals surface area contributed by atoms with Gasteiger partial charge in [0.05, 0.1) is 24.9 Å². The van der Waals surface area contributed by atoms with Gasteiger partial charge in [0.1, 0.15) is 11.6 Å². The summed E-state index contributed by atoms with van der Waals surface area (Å²) in [6.07, 6.45) is -0.0628. The second kappa shape index (κ2) is 7.45. The van der Waals surface area contributed by atoms with E-state index in [0.717, 1.165) is 6.26 Å². The number of aliphatic hydroxyl groups is 1. The summed E-state index contributed by atoms with van der Waals surface area (Å²) < 4.78 is 9.88. The van der Waals surface area contributed by atoms with E-state index in [9.17, 15) is 24.3 Å². The van der Waals surface area contributed by atoms with Gasteiger partial charge in [-0.25, -0.2) is 4.79 Å². The molecule has 144 valence electrons. The molecule has 0 aromatic rings. The van der Waals surface area contributed by atoms with Crippen molar-refractivity contribution in [3.8, 4) is 0 Å². The Morgan fingerprint density at radius 1 is 1.38 bits per heavy atom. The number of carbonyl (C=O) groups excluding carboxylic acids is 4. The van der Waals surface area contributed by atoms with E-state index in [2.05, 4.69) is 17.2 Å². The molecule has 2 rings (SSSR count). The highest BCUT2D eigenvalue weighted by molar-refractivity contribution is 5.94. The summed E-state index contributed by atoms with van der Waals surface area (Å²) in [5.74, 6) is -4.24. The first-order valence-corrected chi connectivity index (χ1v) is 8.45. The van der Waals surface area contributed by atoms with E-state index in [1.54, 1.807) is 6.92 Å². The van der Waals surface area contributed by atoms with Gasteiger partial charge in [0.25, 0.3) is 0 Å². The summed E-state index contributed by atoms with van der Waals surface area (Å²) >= 11 is 0. The maximum absolute atomic E-state index is 12.6. The highest BCUT2D eigenvalue weighted by Gasteiger charge is 2.76. The zero-order valence-corrected chi connectivity index (χ0v) is 15.0. The number of nitrogens with one attached hydrogen (secondary N) is 2. The number of amides is 2. The molecule has 2 aliphatic carbocycles. The molecule has 0 spiro atoms. The molecule has 2 fully saturated rings. The standard InChI is InChI=1S/C17H24N2O7/c1-5-25-15(23)12-11-10(21)7-17(13(11)12,16(24)26-6-2)19-14(22)8(3)18-9(4)20/h5,8,10-13,21H,1,6-7H2,2-4H3,(H,18,20)(H,19,22)/t8-,10-,11-,12-,13-,17?/m0/s1. The molecule has 9 nitrogen and oxygen atoms in total. The van der Waals surface area contributed by atoms with Crippen molar-refractivity contribution in [1.82, 2.24) is 10.6 Å². The molecule has 1 unspecified atom stereocenters. The van der Waals surface area contributed by atoms with Crippen LogP contribution >= 0.6 is 0 Å². The van der Waals surface area contributed by atoms with Gasteiger partial charge in [0.2, 0.25) is 11.8 Å². The average molecular weight is 368 g/mol. The van der Waals surface area contributed by atoms with Crippen LogP contribution in [-0.4, -0.2) is 53.2 Å². The molecule has 0 heterocycles. The van der Waals surface area contributed by atoms with E-state index in [1.165, 1.54) is 13.8 Å². The highest BCUT2D eigenvalue weighted by Crippen LogP contribution is 2.63. The molecule has 0 aromatic carbocycles. The largest absolute Gasteiger partial charge is 0.464 e. The van der Waals surface area contributed by atoms with E-state index in [-0.39, 0.29) is 13.0 Å². The molecular formula is C17H24N2O7. The van der Waals surface area contributed by atoms with Gasteiger partial charge < -0.3 is 25.2 Å². The lowest BCUT2D eigenvalue weighted by molar-refractivity contribution is -0.156. The third-order valence-corrected chi connectivity index (χ3v) is 4.89. The number of hydrogen-bond acceptors (Lipinski definition) is 7. The van der Waals surface area contributed by atoms with Crippen molar-refractivity contribution in [2.24, 2.45) is 17.8 Å². The molecule has 6 atom stereocenters. The van der Waals surface area contributed by atoms with Crippen LogP contribution in [0.25, 0.3) is 0 Å². The van der Waals surface area contributed by atoms with Crippen LogP contribution < -0.4 is 10.6 Å². The van der Waals surface area contributed by atoms with Crippen molar-refractivity contribution in [1.29, 1.82) is 0 Å². The third-order valence-electron chi connectivity index (χ3n) is 4.89. The van der Waals surface area contributed by atoms with Gasteiger partial charge >= 0.3 is 11.9 Å². The van der Waals surface area contributed by atoms with Crippen LogP contribution in [0, 0.1) is 17.8 Å². The number of fused-ring (bicyclic) bond motifs is 1. The highest BCUT2D eigenvalue weighted by atomic mass is 16.5.